The summed E-state index contributed by atoms with van der Waals surface area (Å²) in [6.07, 6.45) is 5.90. The van der Waals surface area contributed by atoms with E-state index in [1.54, 1.807) is 0 Å². The van der Waals surface area contributed by atoms with Crippen LogP contribution in [0.5, 0.6) is 0 Å². The summed E-state index contributed by atoms with van der Waals surface area (Å²) in [5.41, 5.74) is 1.46. The van der Waals surface area contributed by atoms with Crippen LogP contribution in [0.3, 0.4) is 0 Å². The molecule has 0 aliphatic carbocycles. The molecule has 22 heavy (non-hydrogen) atoms. The number of rotatable bonds is 4. The van der Waals surface area contributed by atoms with Gasteiger partial charge in [-0.3, -0.25) is 9.79 Å². The first-order valence-electron chi connectivity index (χ1n) is 8.03. The van der Waals surface area contributed by atoms with Crippen molar-refractivity contribution in [2.24, 2.45) is 10.9 Å². The van der Waals surface area contributed by atoms with Gasteiger partial charge in [-0.25, -0.2) is 0 Å². The lowest BCUT2D eigenvalue weighted by atomic mass is 9.97. The normalized spacial score (nSPS) is 20.5. The molecule has 0 amide bonds. The molecule has 0 bridgehead atoms. The van der Waals surface area contributed by atoms with E-state index in [2.05, 4.69) is 21.3 Å². The number of hydrogen-bond donors (Lipinski definition) is 1. The van der Waals surface area contributed by atoms with E-state index in [4.69, 9.17) is 9.47 Å². The van der Waals surface area contributed by atoms with Gasteiger partial charge in [0.2, 0.25) is 0 Å². The molecule has 0 aromatic heterocycles. The fraction of sp³-hybridized carbons (Fsp3) is 0.750. The zero-order valence-corrected chi connectivity index (χ0v) is 13.6. The molecule has 1 saturated heterocycles. The molecule has 0 spiro atoms. The predicted octanol–water partition coefficient (Wildman–Crippen LogP) is 1.18. The molecule has 0 unspecified atom stereocenters. The van der Waals surface area contributed by atoms with Crippen molar-refractivity contribution in [2.45, 2.75) is 25.7 Å². The topological polar surface area (TPSA) is 63.2 Å². The van der Waals surface area contributed by atoms with Crippen molar-refractivity contribution in [3.63, 3.8) is 0 Å². The van der Waals surface area contributed by atoms with Gasteiger partial charge in [-0.2, -0.15) is 0 Å². The first kappa shape index (κ1) is 16.8. The first-order valence-corrected chi connectivity index (χ1v) is 8.03. The second-order valence-corrected chi connectivity index (χ2v) is 5.70. The fourth-order valence-corrected chi connectivity index (χ4v) is 2.95. The molecule has 6 nitrogen and oxygen atoms in total. The van der Waals surface area contributed by atoms with E-state index >= 15 is 0 Å². The molecule has 1 fully saturated rings. The van der Waals surface area contributed by atoms with Crippen LogP contribution in [0.15, 0.2) is 16.6 Å². The maximum atomic E-state index is 11.6. The Morgan fingerprint density at radius 2 is 2.27 bits per heavy atom. The van der Waals surface area contributed by atoms with Crippen LogP contribution in [0.25, 0.3) is 0 Å². The second kappa shape index (κ2) is 8.78. The Labute approximate surface area is 132 Å². The van der Waals surface area contributed by atoms with Crippen molar-refractivity contribution in [1.29, 1.82) is 0 Å². The monoisotopic (exact) mass is 309 g/mol. The highest BCUT2D eigenvalue weighted by molar-refractivity contribution is 5.80. The molecule has 1 N–H and O–H groups in total. The number of nitrogens with zero attached hydrogens (tertiary/aromatic N) is 2. The van der Waals surface area contributed by atoms with Gasteiger partial charge in [-0.05, 0) is 25.7 Å². The molecule has 0 aromatic carbocycles. The summed E-state index contributed by atoms with van der Waals surface area (Å²) >= 11 is 0. The summed E-state index contributed by atoms with van der Waals surface area (Å²) in [5, 5.41) is 3.42. The standard InChI is InChI=1S/C16H27N3O3/c1-17-16(18-8-3-13-6-11-22-12-7-13)19-9-4-14(5-10-19)15(20)21-2/h6,14H,3-5,7-12H2,1-2H3,(H,17,18). The molecule has 0 atom stereocenters. The molecule has 0 aromatic rings. The van der Waals surface area contributed by atoms with Crippen LogP contribution >= 0.6 is 0 Å². The molecule has 0 radical (unpaired) electrons. The third kappa shape index (κ3) is 4.73. The lowest BCUT2D eigenvalue weighted by Crippen LogP contribution is -2.46. The number of likely N-dealkylation sites (tertiary alicyclic amines) is 1. The van der Waals surface area contributed by atoms with Gasteiger partial charge in [0.15, 0.2) is 5.96 Å². The molecule has 0 saturated carbocycles. The van der Waals surface area contributed by atoms with Gasteiger partial charge < -0.3 is 19.7 Å². The number of ether oxygens (including phenoxy) is 2. The number of carbonyl (C=O) groups excluding carboxylic acids is 1. The van der Waals surface area contributed by atoms with Gasteiger partial charge in [0.25, 0.3) is 0 Å². The molecule has 2 aliphatic rings. The van der Waals surface area contributed by atoms with E-state index in [1.165, 1.54) is 12.7 Å². The minimum absolute atomic E-state index is 0.0340. The Balaban J connectivity index is 1.73. The number of carbonyl (C=O) groups is 1. The quantitative estimate of drug-likeness (QED) is 0.366. The van der Waals surface area contributed by atoms with Gasteiger partial charge in [0, 0.05) is 26.7 Å². The van der Waals surface area contributed by atoms with Crippen LogP contribution in [0.2, 0.25) is 0 Å². The average molecular weight is 309 g/mol. The van der Waals surface area contributed by atoms with Crippen LogP contribution in [0, 0.1) is 5.92 Å². The van der Waals surface area contributed by atoms with Crippen molar-refractivity contribution in [2.75, 3.05) is 47.0 Å². The molecule has 6 heteroatoms. The molecule has 2 heterocycles. The van der Waals surface area contributed by atoms with Crippen LogP contribution in [-0.2, 0) is 14.3 Å². The SMILES string of the molecule is CN=C(NCCC1=CCOCC1)N1CCC(C(=O)OC)CC1. The van der Waals surface area contributed by atoms with E-state index < -0.39 is 0 Å². The summed E-state index contributed by atoms with van der Waals surface area (Å²) in [6, 6.07) is 0. The van der Waals surface area contributed by atoms with Crippen LogP contribution in [0.4, 0.5) is 0 Å². The van der Waals surface area contributed by atoms with Gasteiger partial charge in [0.05, 0.1) is 26.2 Å². The molecule has 124 valence electrons. The van der Waals surface area contributed by atoms with Crippen molar-refractivity contribution in [3.05, 3.63) is 11.6 Å². The minimum Gasteiger partial charge on any atom is -0.469 e. The van der Waals surface area contributed by atoms with Crippen LogP contribution < -0.4 is 5.32 Å². The van der Waals surface area contributed by atoms with Crippen LogP contribution in [0.1, 0.15) is 25.7 Å². The minimum atomic E-state index is -0.0888. The maximum Gasteiger partial charge on any atom is 0.308 e. The fourth-order valence-electron chi connectivity index (χ4n) is 2.95. The summed E-state index contributed by atoms with van der Waals surface area (Å²) in [7, 11) is 3.27. The number of guanidine groups is 1. The van der Waals surface area contributed by atoms with Gasteiger partial charge in [0.1, 0.15) is 0 Å². The van der Waals surface area contributed by atoms with E-state index in [9.17, 15) is 4.79 Å². The predicted molar refractivity (Wildman–Crippen MR) is 85.8 cm³/mol. The van der Waals surface area contributed by atoms with Gasteiger partial charge in [-0.1, -0.05) is 11.6 Å². The summed E-state index contributed by atoms with van der Waals surface area (Å²) in [5.74, 6) is 0.872. The van der Waals surface area contributed by atoms with Crippen molar-refractivity contribution in [3.8, 4) is 0 Å². The Morgan fingerprint density at radius 1 is 1.50 bits per heavy atom. The Bertz CT molecular complexity index is 426. The second-order valence-electron chi connectivity index (χ2n) is 5.70. The van der Waals surface area contributed by atoms with Crippen molar-refractivity contribution in [1.82, 2.24) is 10.2 Å². The average Bonchev–Trinajstić information content (AvgIpc) is 2.59. The zero-order valence-electron chi connectivity index (χ0n) is 13.6. The van der Waals surface area contributed by atoms with E-state index in [0.717, 1.165) is 64.5 Å². The highest BCUT2D eigenvalue weighted by Crippen LogP contribution is 2.18. The number of aliphatic imine (C=N–C) groups is 1. The summed E-state index contributed by atoms with van der Waals surface area (Å²) < 4.78 is 10.1. The lowest BCUT2D eigenvalue weighted by Gasteiger charge is -2.33. The third-order valence-electron chi connectivity index (χ3n) is 4.33. The van der Waals surface area contributed by atoms with E-state index in [-0.39, 0.29) is 11.9 Å². The highest BCUT2D eigenvalue weighted by Gasteiger charge is 2.26. The number of esters is 1. The summed E-state index contributed by atoms with van der Waals surface area (Å²) in [6.45, 7) is 4.15. The lowest BCUT2D eigenvalue weighted by molar-refractivity contribution is -0.146. The maximum absolute atomic E-state index is 11.6. The van der Waals surface area contributed by atoms with Gasteiger partial charge >= 0.3 is 5.97 Å². The van der Waals surface area contributed by atoms with Crippen molar-refractivity contribution < 1.29 is 14.3 Å². The number of nitrogens with one attached hydrogen (secondary N) is 1. The number of methoxy groups -OCH3 is 1. The Hall–Kier alpha value is -1.56. The Morgan fingerprint density at radius 3 is 2.86 bits per heavy atom. The number of piperidine rings is 1. The third-order valence-corrected chi connectivity index (χ3v) is 4.33. The molecule has 2 rings (SSSR count). The number of hydrogen-bond acceptors (Lipinski definition) is 4. The highest BCUT2D eigenvalue weighted by atomic mass is 16.5. The van der Waals surface area contributed by atoms with E-state index in [1.807, 2.05) is 7.05 Å². The first-order chi connectivity index (χ1) is 10.7. The molecular weight excluding hydrogens is 282 g/mol. The zero-order chi connectivity index (χ0) is 15.8. The van der Waals surface area contributed by atoms with Crippen LogP contribution in [-0.4, -0.2) is 63.8 Å². The largest absolute Gasteiger partial charge is 0.469 e. The van der Waals surface area contributed by atoms with Crippen molar-refractivity contribution >= 4 is 11.9 Å². The Kier molecular flexibility index (Phi) is 6.71. The van der Waals surface area contributed by atoms with E-state index in [0.29, 0.717) is 0 Å². The molecule has 2 aliphatic heterocycles. The summed E-state index contributed by atoms with van der Waals surface area (Å²) in [4.78, 5) is 18.1. The van der Waals surface area contributed by atoms with Gasteiger partial charge in [-0.15, -0.1) is 0 Å². The smallest absolute Gasteiger partial charge is 0.308 e. The molecular formula is C16H27N3O3.